The second-order valence-corrected chi connectivity index (χ2v) is 5.45. The highest BCUT2D eigenvalue weighted by molar-refractivity contribution is 5.94. The van der Waals surface area contributed by atoms with Crippen LogP contribution >= 0.6 is 0 Å². The Morgan fingerprint density at radius 2 is 1.84 bits per heavy atom. The molecule has 3 nitrogen and oxygen atoms in total. The van der Waals surface area contributed by atoms with Gasteiger partial charge in [-0.05, 0) is 49.4 Å². The fourth-order valence-corrected chi connectivity index (χ4v) is 2.72. The van der Waals surface area contributed by atoms with Gasteiger partial charge in [-0.2, -0.15) is 0 Å². The van der Waals surface area contributed by atoms with Crippen LogP contribution < -0.4 is 11.1 Å². The fourth-order valence-electron chi connectivity index (χ4n) is 2.72. The van der Waals surface area contributed by atoms with Crippen LogP contribution in [0.25, 0.3) is 0 Å². The number of benzene rings is 1. The van der Waals surface area contributed by atoms with E-state index in [-0.39, 0.29) is 5.91 Å². The number of hydrogen-bond acceptors (Lipinski definition) is 2. The van der Waals surface area contributed by atoms with E-state index in [1.165, 1.54) is 37.7 Å². The lowest BCUT2D eigenvalue weighted by Gasteiger charge is -2.21. The molecule has 19 heavy (non-hydrogen) atoms. The van der Waals surface area contributed by atoms with Crippen LogP contribution in [-0.2, 0) is 6.42 Å². The molecule has 0 spiro atoms. The average molecular weight is 260 g/mol. The van der Waals surface area contributed by atoms with Crippen LogP contribution in [0.3, 0.4) is 0 Å². The van der Waals surface area contributed by atoms with E-state index in [9.17, 15) is 4.79 Å². The average Bonchev–Trinajstić information content (AvgIpc) is 2.47. The number of carbonyl (C=O) groups excluding carboxylic acids is 1. The van der Waals surface area contributed by atoms with Crippen molar-refractivity contribution < 1.29 is 4.79 Å². The third-order valence-corrected chi connectivity index (χ3v) is 3.93. The Kier molecular flexibility index (Phi) is 5.40. The molecule has 1 amide bonds. The highest BCUT2D eigenvalue weighted by Crippen LogP contribution is 2.22. The van der Waals surface area contributed by atoms with Crippen molar-refractivity contribution in [2.24, 2.45) is 11.7 Å². The lowest BCUT2D eigenvalue weighted by Crippen LogP contribution is -2.30. The smallest absolute Gasteiger partial charge is 0.251 e. The molecule has 0 unspecified atom stereocenters. The van der Waals surface area contributed by atoms with E-state index in [1.54, 1.807) is 0 Å². The van der Waals surface area contributed by atoms with Gasteiger partial charge in [0.05, 0.1) is 0 Å². The van der Waals surface area contributed by atoms with Gasteiger partial charge in [0.1, 0.15) is 0 Å². The van der Waals surface area contributed by atoms with Crippen molar-refractivity contribution >= 4 is 5.91 Å². The summed E-state index contributed by atoms with van der Waals surface area (Å²) in [5.41, 5.74) is 7.44. The van der Waals surface area contributed by atoms with Crippen molar-refractivity contribution in [2.75, 3.05) is 13.1 Å². The first kappa shape index (κ1) is 14.1. The minimum absolute atomic E-state index is 0.0462. The third kappa shape index (κ3) is 4.35. The van der Waals surface area contributed by atoms with Crippen LogP contribution in [0.4, 0.5) is 0 Å². The van der Waals surface area contributed by atoms with Crippen LogP contribution in [0.2, 0.25) is 0 Å². The van der Waals surface area contributed by atoms with Crippen LogP contribution in [0.15, 0.2) is 24.3 Å². The van der Waals surface area contributed by atoms with Crippen molar-refractivity contribution in [3.63, 3.8) is 0 Å². The van der Waals surface area contributed by atoms with Gasteiger partial charge < -0.3 is 11.1 Å². The number of nitrogens with one attached hydrogen (secondary N) is 1. The van der Waals surface area contributed by atoms with Gasteiger partial charge >= 0.3 is 0 Å². The summed E-state index contributed by atoms with van der Waals surface area (Å²) < 4.78 is 0. The molecule has 104 valence electrons. The van der Waals surface area contributed by atoms with E-state index >= 15 is 0 Å². The van der Waals surface area contributed by atoms with Gasteiger partial charge in [-0.3, -0.25) is 4.79 Å². The van der Waals surface area contributed by atoms with E-state index in [0.29, 0.717) is 12.5 Å². The van der Waals surface area contributed by atoms with Gasteiger partial charge in [0, 0.05) is 12.1 Å². The summed E-state index contributed by atoms with van der Waals surface area (Å²) in [4.78, 5) is 12.0. The summed E-state index contributed by atoms with van der Waals surface area (Å²) in [5.74, 6) is 0.721. The molecule has 0 heterocycles. The molecule has 0 aliphatic heterocycles. The maximum Gasteiger partial charge on any atom is 0.251 e. The minimum Gasteiger partial charge on any atom is -0.352 e. The molecular formula is C16H24N2O. The van der Waals surface area contributed by atoms with Gasteiger partial charge in [-0.25, -0.2) is 0 Å². The molecule has 1 aromatic rings. The number of hydrogen-bond donors (Lipinski definition) is 2. The van der Waals surface area contributed by atoms with Crippen LogP contribution in [0.1, 0.15) is 48.0 Å². The molecule has 0 atom stereocenters. The summed E-state index contributed by atoms with van der Waals surface area (Å²) in [6.45, 7) is 1.47. The van der Waals surface area contributed by atoms with Gasteiger partial charge in [0.15, 0.2) is 0 Å². The van der Waals surface area contributed by atoms with Crippen molar-refractivity contribution in [2.45, 2.75) is 38.5 Å². The Bertz CT molecular complexity index is 394. The topological polar surface area (TPSA) is 55.1 Å². The summed E-state index contributed by atoms with van der Waals surface area (Å²) in [5, 5.41) is 3.06. The van der Waals surface area contributed by atoms with E-state index in [0.717, 1.165) is 18.5 Å². The Balaban J connectivity index is 1.81. The number of rotatable bonds is 5. The molecule has 1 aliphatic rings. The Morgan fingerprint density at radius 1 is 1.16 bits per heavy atom. The predicted molar refractivity (Wildman–Crippen MR) is 78.1 cm³/mol. The first-order valence-corrected chi connectivity index (χ1v) is 7.37. The second-order valence-electron chi connectivity index (χ2n) is 5.45. The van der Waals surface area contributed by atoms with Crippen LogP contribution in [-0.4, -0.2) is 19.0 Å². The predicted octanol–water partition coefficient (Wildman–Crippen LogP) is 2.50. The Labute approximate surface area is 115 Å². The summed E-state index contributed by atoms with van der Waals surface area (Å²) in [6.07, 6.45) is 7.37. The van der Waals surface area contributed by atoms with Crippen molar-refractivity contribution in [3.05, 3.63) is 35.4 Å². The minimum atomic E-state index is 0.0462. The van der Waals surface area contributed by atoms with Crippen molar-refractivity contribution in [1.29, 1.82) is 0 Å². The molecule has 0 radical (unpaired) electrons. The lowest BCUT2D eigenvalue weighted by molar-refractivity contribution is 0.0943. The van der Waals surface area contributed by atoms with Crippen molar-refractivity contribution in [1.82, 2.24) is 5.32 Å². The Hall–Kier alpha value is -1.35. The molecule has 3 heteroatoms. The highest BCUT2D eigenvalue weighted by Gasteiger charge is 2.14. The second kappa shape index (κ2) is 7.29. The third-order valence-electron chi connectivity index (χ3n) is 3.93. The molecule has 1 aliphatic carbocycles. The molecule has 3 N–H and O–H groups in total. The summed E-state index contributed by atoms with van der Waals surface area (Å²) >= 11 is 0. The number of carbonyl (C=O) groups is 1. The van der Waals surface area contributed by atoms with Gasteiger partial charge in [-0.15, -0.1) is 0 Å². The molecular weight excluding hydrogens is 236 g/mol. The standard InChI is InChI=1S/C16H24N2O/c17-11-10-13-6-8-15(9-7-13)16(19)18-12-14-4-2-1-3-5-14/h6-9,14H,1-5,10-12,17H2,(H,18,19). The molecule has 1 saturated carbocycles. The Morgan fingerprint density at radius 3 is 2.47 bits per heavy atom. The summed E-state index contributed by atoms with van der Waals surface area (Å²) in [7, 11) is 0. The van der Waals surface area contributed by atoms with Gasteiger partial charge in [-0.1, -0.05) is 31.4 Å². The first-order chi connectivity index (χ1) is 9.29. The molecule has 0 bridgehead atoms. The number of nitrogens with two attached hydrogens (primary N) is 1. The van der Waals surface area contributed by atoms with E-state index in [2.05, 4.69) is 5.32 Å². The normalized spacial score (nSPS) is 16.3. The summed E-state index contributed by atoms with van der Waals surface area (Å²) in [6, 6.07) is 7.76. The molecule has 1 fully saturated rings. The zero-order valence-electron chi connectivity index (χ0n) is 11.5. The van der Waals surface area contributed by atoms with E-state index in [4.69, 9.17) is 5.73 Å². The molecule has 1 aromatic carbocycles. The van der Waals surface area contributed by atoms with Gasteiger partial charge in [0.2, 0.25) is 0 Å². The largest absolute Gasteiger partial charge is 0.352 e. The van der Waals surface area contributed by atoms with Crippen molar-refractivity contribution in [3.8, 4) is 0 Å². The zero-order valence-corrected chi connectivity index (χ0v) is 11.5. The quantitative estimate of drug-likeness (QED) is 0.854. The van der Waals surface area contributed by atoms with E-state index in [1.807, 2.05) is 24.3 Å². The maximum absolute atomic E-state index is 12.0. The SMILES string of the molecule is NCCc1ccc(C(=O)NCC2CCCCC2)cc1. The highest BCUT2D eigenvalue weighted by atomic mass is 16.1. The lowest BCUT2D eigenvalue weighted by atomic mass is 9.89. The fraction of sp³-hybridized carbons (Fsp3) is 0.562. The molecule has 0 aromatic heterocycles. The number of amides is 1. The van der Waals surface area contributed by atoms with Gasteiger partial charge in [0.25, 0.3) is 5.91 Å². The monoisotopic (exact) mass is 260 g/mol. The molecule has 2 rings (SSSR count). The van der Waals surface area contributed by atoms with Crippen LogP contribution in [0.5, 0.6) is 0 Å². The van der Waals surface area contributed by atoms with Crippen LogP contribution in [0, 0.1) is 5.92 Å². The zero-order chi connectivity index (χ0) is 13.5. The first-order valence-electron chi connectivity index (χ1n) is 7.37. The van der Waals surface area contributed by atoms with E-state index < -0.39 is 0 Å². The molecule has 0 saturated heterocycles. The maximum atomic E-state index is 12.0.